The Labute approximate surface area is 95.8 Å². The van der Waals surface area contributed by atoms with E-state index in [2.05, 4.69) is 48.5 Å². The molecule has 2 rings (SSSR count). The van der Waals surface area contributed by atoms with Crippen molar-refractivity contribution in [3.8, 4) is 0 Å². The van der Waals surface area contributed by atoms with Gasteiger partial charge in [-0.25, -0.2) is 0 Å². The largest absolute Gasteiger partial charge is 0.0648 e. The summed E-state index contributed by atoms with van der Waals surface area (Å²) in [4.78, 5) is 0. The number of hydrogen-bond acceptors (Lipinski definition) is 0. The second-order valence-electron chi connectivity index (χ2n) is 7.55. The molecule has 2 fully saturated rings. The van der Waals surface area contributed by atoms with E-state index in [4.69, 9.17) is 0 Å². The van der Waals surface area contributed by atoms with E-state index in [1.807, 2.05) is 0 Å². The molecule has 0 heteroatoms. The lowest BCUT2D eigenvalue weighted by atomic mass is 9.52. The SMILES string of the molecule is CCC1(C)C(C)(C)C2CCC1(C)C2(C)C. The van der Waals surface area contributed by atoms with Crippen molar-refractivity contribution in [2.75, 3.05) is 0 Å². The van der Waals surface area contributed by atoms with Crippen LogP contribution in [0.1, 0.15) is 67.7 Å². The summed E-state index contributed by atoms with van der Waals surface area (Å²) in [5, 5.41) is 0. The lowest BCUT2D eigenvalue weighted by Gasteiger charge is -2.53. The fraction of sp³-hybridized carbons (Fsp3) is 1.00. The summed E-state index contributed by atoms with van der Waals surface area (Å²) in [6.45, 7) is 17.6. The van der Waals surface area contributed by atoms with Crippen LogP contribution in [0.15, 0.2) is 0 Å². The molecule has 3 atom stereocenters. The summed E-state index contributed by atoms with van der Waals surface area (Å²) in [5.41, 5.74) is 2.11. The minimum Gasteiger partial charge on any atom is -0.0648 e. The van der Waals surface area contributed by atoms with Crippen LogP contribution in [-0.4, -0.2) is 0 Å². The van der Waals surface area contributed by atoms with Gasteiger partial charge in [-0.2, -0.15) is 0 Å². The molecule has 2 saturated carbocycles. The number of hydrogen-bond donors (Lipinski definition) is 0. The van der Waals surface area contributed by atoms with Crippen molar-refractivity contribution < 1.29 is 0 Å². The van der Waals surface area contributed by atoms with Gasteiger partial charge in [0.2, 0.25) is 0 Å². The zero-order valence-electron chi connectivity index (χ0n) is 11.7. The third-order valence-corrected chi connectivity index (χ3v) is 7.44. The van der Waals surface area contributed by atoms with Gasteiger partial charge in [-0.3, -0.25) is 0 Å². The van der Waals surface area contributed by atoms with Crippen molar-refractivity contribution in [3.63, 3.8) is 0 Å². The molecule has 0 aromatic rings. The Kier molecular flexibility index (Phi) is 2.01. The molecular weight excluding hydrogens is 180 g/mol. The first-order valence-corrected chi connectivity index (χ1v) is 6.65. The first-order chi connectivity index (χ1) is 6.65. The molecule has 3 unspecified atom stereocenters. The van der Waals surface area contributed by atoms with Gasteiger partial charge in [-0.05, 0) is 46.8 Å². The van der Waals surface area contributed by atoms with E-state index in [-0.39, 0.29) is 0 Å². The Hall–Kier alpha value is 0. The second kappa shape index (κ2) is 2.63. The van der Waals surface area contributed by atoms with Crippen LogP contribution >= 0.6 is 0 Å². The molecule has 2 bridgehead atoms. The van der Waals surface area contributed by atoms with Crippen LogP contribution < -0.4 is 0 Å². The maximum absolute atomic E-state index is 2.56. The van der Waals surface area contributed by atoms with Gasteiger partial charge in [0.15, 0.2) is 0 Å². The van der Waals surface area contributed by atoms with Gasteiger partial charge in [-0.1, -0.05) is 48.5 Å². The Morgan fingerprint density at radius 3 is 1.73 bits per heavy atom. The van der Waals surface area contributed by atoms with E-state index in [0.29, 0.717) is 21.7 Å². The summed E-state index contributed by atoms with van der Waals surface area (Å²) in [6, 6.07) is 0. The van der Waals surface area contributed by atoms with Gasteiger partial charge in [0.1, 0.15) is 0 Å². The molecule has 0 aliphatic heterocycles. The lowest BCUT2D eigenvalue weighted by molar-refractivity contribution is -0.0422. The minimum absolute atomic E-state index is 0.512. The molecule has 15 heavy (non-hydrogen) atoms. The Morgan fingerprint density at radius 2 is 1.47 bits per heavy atom. The van der Waals surface area contributed by atoms with E-state index in [0.717, 1.165) is 5.92 Å². The van der Waals surface area contributed by atoms with E-state index >= 15 is 0 Å². The summed E-state index contributed by atoms with van der Waals surface area (Å²) < 4.78 is 0. The van der Waals surface area contributed by atoms with Crippen LogP contribution in [0.3, 0.4) is 0 Å². The zero-order valence-corrected chi connectivity index (χ0v) is 11.7. The van der Waals surface area contributed by atoms with E-state index in [9.17, 15) is 0 Å². The highest BCUT2D eigenvalue weighted by Gasteiger charge is 2.73. The van der Waals surface area contributed by atoms with Crippen LogP contribution in [0.25, 0.3) is 0 Å². The van der Waals surface area contributed by atoms with Gasteiger partial charge >= 0.3 is 0 Å². The van der Waals surface area contributed by atoms with Crippen molar-refractivity contribution in [3.05, 3.63) is 0 Å². The van der Waals surface area contributed by atoms with Gasteiger partial charge in [-0.15, -0.1) is 0 Å². The highest BCUT2D eigenvalue weighted by molar-refractivity contribution is 5.21. The van der Waals surface area contributed by atoms with Gasteiger partial charge in [0.05, 0.1) is 0 Å². The topological polar surface area (TPSA) is 0 Å². The standard InChI is InChI=1S/C15H28/c1-8-14(6)12(2,3)11-9-10-15(14,7)13(11,4)5/h11H,8-10H2,1-7H3. The zero-order chi connectivity index (χ0) is 11.7. The average molecular weight is 208 g/mol. The molecule has 0 aromatic heterocycles. The number of fused-ring (bicyclic) bond motifs is 2. The predicted octanol–water partition coefficient (Wildman–Crippen LogP) is 4.89. The van der Waals surface area contributed by atoms with Gasteiger partial charge in [0.25, 0.3) is 0 Å². The predicted molar refractivity (Wildman–Crippen MR) is 66.8 cm³/mol. The van der Waals surface area contributed by atoms with Gasteiger partial charge in [0, 0.05) is 0 Å². The Morgan fingerprint density at radius 1 is 0.933 bits per heavy atom. The molecular formula is C15H28. The maximum atomic E-state index is 2.56. The van der Waals surface area contributed by atoms with Crippen molar-refractivity contribution in [1.82, 2.24) is 0 Å². The molecule has 0 heterocycles. The molecule has 0 nitrogen and oxygen atoms in total. The van der Waals surface area contributed by atoms with Crippen molar-refractivity contribution in [2.45, 2.75) is 67.7 Å². The second-order valence-corrected chi connectivity index (χ2v) is 7.55. The van der Waals surface area contributed by atoms with Crippen molar-refractivity contribution in [1.29, 1.82) is 0 Å². The van der Waals surface area contributed by atoms with Crippen LogP contribution in [0.2, 0.25) is 0 Å². The lowest BCUT2D eigenvalue weighted by Crippen LogP contribution is -2.45. The molecule has 0 N–H and O–H groups in total. The third kappa shape index (κ3) is 0.875. The fourth-order valence-corrected chi connectivity index (χ4v) is 5.69. The molecule has 0 radical (unpaired) electrons. The molecule has 0 saturated heterocycles. The Balaban J connectivity index is 2.61. The monoisotopic (exact) mass is 208 g/mol. The minimum atomic E-state index is 0.512. The van der Waals surface area contributed by atoms with Crippen LogP contribution in [0, 0.1) is 27.6 Å². The maximum Gasteiger partial charge on any atom is -0.0213 e. The van der Waals surface area contributed by atoms with E-state index in [1.54, 1.807) is 0 Å². The van der Waals surface area contributed by atoms with Crippen LogP contribution in [0.5, 0.6) is 0 Å². The number of rotatable bonds is 1. The normalized spacial score (nSPS) is 51.0. The van der Waals surface area contributed by atoms with Crippen LogP contribution in [-0.2, 0) is 0 Å². The summed E-state index contributed by atoms with van der Waals surface area (Å²) >= 11 is 0. The molecule has 0 aromatic carbocycles. The fourth-order valence-electron chi connectivity index (χ4n) is 5.69. The summed E-state index contributed by atoms with van der Waals surface area (Å²) in [5.74, 6) is 0.917. The van der Waals surface area contributed by atoms with E-state index < -0.39 is 0 Å². The molecule has 0 amide bonds. The average Bonchev–Trinajstić information content (AvgIpc) is 2.40. The van der Waals surface area contributed by atoms with Crippen molar-refractivity contribution >= 4 is 0 Å². The molecule has 2 aliphatic rings. The third-order valence-electron chi connectivity index (χ3n) is 7.44. The first kappa shape index (κ1) is 11.5. The molecule has 88 valence electrons. The smallest absolute Gasteiger partial charge is 0.0213 e. The van der Waals surface area contributed by atoms with Crippen LogP contribution in [0.4, 0.5) is 0 Å². The molecule has 0 spiro atoms. The highest BCUT2D eigenvalue weighted by atomic mass is 14.8. The van der Waals surface area contributed by atoms with E-state index in [1.165, 1.54) is 19.3 Å². The van der Waals surface area contributed by atoms with Crippen molar-refractivity contribution in [2.24, 2.45) is 27.6 Å². The summed E-state index contributed by atoms with van der Waals surface area (Å²) in [6.07, 6.45) is 4.22. The molecule has 2 aliphatic carbocycles. The Bertz CT molecular complexity index is 284. The quantitative estimate of drug-likeness (QED) is 0.576. The first-order valence-electron chi connectivity index (χ1n) is 6.65. The summed E-state index contributed by atoms with van der Waals surface area (Å²) in [7, 11) is 0. The van der Waals surface area contributed by atoms with Gasteiger partial charge < -0.3 is 0 Å². The highest BCUT2D eigenvalue weighted by Crippen LogP contribution is 2.80.